The van der Waals surface area contributed by atoms with Crippen molar-refractivity contribution in [1.29, 1.82) is 0 Å². The number of aromatic hydroxyl groups is 2. The Morgan fingerprint density at radius 3 is 1.73 bits per heavy atom. The van der Waals surface area contributed by atoms with Crippen LogP contribution in [0.5, 0.6) is 34.5 Å². The van der Waals surface area contributed by atoms with E-state index in [9.17, 15) is 30.6 Å². The summed E-state index contributed by atoms with van der Waals surface area (Å²) in [5.74, 6) is -0.434. The van der Waals surface area contributed by atoms with Crippen molar-refractivity contribution in [3.8, 4) is 34.5 Å². The molecule has 6 N–H and O–H groups in total. The van der Waals surface area contributed by atoms with Gasteiger partial charge in [-0.2, -0.15) is 0 Å². The Balaban J connectivity index is 1.71. The van der Waals surface area contributed by atoms with Gasteiger partial charge < -0.3 is 63.8 Å². The number of aliphatic hydroxyl groups is 4. The van der Waals surface area contributed by atoms with Gasteiger partial charge >= 0.3 is 0 Å². The molecule has 0 amide bonds. The molecule has 0 radical (unpaired) electrons. The second-order valence-corrected chi connectivity index (χ2v) is 9.60. The minimum absolute atomic E-state index is 0.0744. The smallest absolute Gasteiger partial charge is 0.200 e. The van der Waals surface area contributed by atoms with Gasteiger partial charge in [0.25, 0.3) is 0 Å². The lowest BCUT2D eigenvalue weighted by atomic mass is 9.83. The average Bonchev–Trinajstić information content (AvgIpc) is 3.39. The normalized spacial score (nSPS) is 30.2. The van der Waals surface area contributed by atoms with Crippen molar-refractivity contribution in [2.24, 2.45) is 5.92 Å². The number of methoxy groups -OCH3 is 4. The van der Waals surface area contributed by atoms with Crippen LogP contribution in [0, 0.1) is 5.92 Å². The summed E-state index contributed by atoms with van der Waals surface area (Å²) in [5.41, 5.74) is 1.31. The molecule has 222 valence electrons. The number of hydrogen-bond acceptors (Lipinski definition) is 13. The van der Waals surface area contributed by atoms with Crippen LogP contribution in [0.4, 0.5) is 0 Å². The lowest BCUT2D eigenvalue weighted by molar-refractivity contribution is -0.303. The minimum Gasteiger partial charge on any atom is -0.502 e. The first-order chi connectivity index (χ1) is 19.2. The van der Waals surface area contributed by atoms with Crippen LogP contribution in [-0.2, 0) is 14.2 Å². The molecule has 13 heteroatoms. The molecule has 2 saturated heterocycles. The molecule has 2 heterocycles. The van der Waals surface area contributed by atoms with Crippen LogP contribution in [0.3, 0.4) is 0 Å². The lowest BCUT2D eigenvalue weighted by Crippen LogP contribution is -2.59. The van der Waals surface area contributed by atoms with E-state index in [4.69, 9.17) is 33.2 Å². The van der Waals surface area contributed by atoms with Crippen molar-refractivity contribution in [2.75, 3.05) is 48.3 Å². The summed E-state index contributed by atoms with van der Waals surface area (Å²) >= 11 is 0. The molecule has 0 aromatic heterocycles. The zero-order chi connectivity index (χ0) is 29.1. The van der Waals surface area contributed by atoms with Gasteiger partial charge in [0.05, 0.1) is 54.4 Å². The highest BCUT2D eigenvalue weighted by Gasteiger charge is 2.46. The van der Waals surface area contributed by atoms with E-state index in [2.05, 4.69) is 0 Å². The predicted octanol–water partition coefficient (Wildman–Crippen LogP) is 0.420. The summed E-state index contributed by atoms with van der Waals surface area (Å²) in [5, 5.41) is 61.2. The van der Waals surface area contributed by atoms with Gasteiger partial charge in [0.2, 0.25) is 11.5 Å². The third kappa shape index (κ3) is 5.59. The van der Waals surface area contributed by atoms with Gasteiger partial charge in [0.15, 0.2) is 29.3 Å². The maximum Gasteiger partial charge on any atom is 0.200 e. The standard InChI is InChI=1S/C27H36O13/c1-34-16-5-12(6-17(35-2)21(16)29)14-10-38-26(13-7-18(36-3)22(30)19(8-13)37-4)15(14)11-39-27-25(33)24(32)23(31)20(9-28)40-27/h5-8,14-15,20,23-33H,9-11H2,1-4H3/t14-,15+,20-,23-,24+,25-,26-,27-/m1/s1. The first-order valence-corrected chi connectivity index (χ1v) is 12.6. The van der Waals surface area contributed by atoms with Crippen molar-refractivity contribution < 1.29 is 63.8 Å². The van der Waals surface area contributed by atoms with Gasteiger partial charge in [-0.3, -0.25) is 0 Å². The fraction of sp³-hybridized carbons (Fsp3) is 0.556. The Morgan fingerprint density at radius 1 is 0.750 bits per heavy atom. The highest BCUT2D eigenvalue weighted by Crippen LogP contribution is 2.50. The van der Waals surface area contributed by atoms with Crippen LogP contribution in [-0.4, -0.2) is 110 Å². The van der Waals surface area contributed by atoms with E-state index in [0.717, 1.165) is 0 Å². The molecular formula is C27H36O13. The van der Waals surface area contributed by atoms with E-state index >= 15 is 0 Å². The third-order valence-corrected chi connectivity index (χ3v) is 7.42. The summed E-state index contributed by atoms with van der Waals surface area (Å²) < 4.78 is 39.0. The number of aliphatic hydroxyl groups excluding tert-OH is 4. The number of ether oxygens (including phenoxy) is 7. The van der Waals surface area contributed by atoms with E-state index in [0.29, 0.717) is 11.1 Å². The van der Waals surface area contributed by atoms with Crippen LogP contribution >= 0.6 is 0 Å². The molecule has 8 atom stereocenters. The van der Waals surface area contributed by atoms with Crippen molar-refractivity contribution in [3.05, 3.63) is 35.4 Å². The molecule has 2 fully saturated rings. The summed E-state index contributed by atoms with van der Waals surface area (Å²) in [6.07, 6.45) is -7.83. The van der Waals surface area contributed by atoms with Crippen molar-refractivity contribution in [1.82, 2.24) is 0 Å². The molecule has 0 unspecified atom stereocenters. The molecule has 13 nitrogen and oxygen atoms in total. The van der Waals surface area contributed by atoms with E-state index < -0.39 is 49.3 Å². The highest BCUT2D eigenvalue weighted by atomic mass is 16.7. The molecule has 0 spiro atoms. The summed E-state index contributed by atoms with van der Waals surface area (Å²) in [7, 11) is 5.65. The Morgan fingerprint density at radius 2 is 1.25 bits per heavy atom. The van der Waals surface area contributed by atoms with Gasteiger partial charge in [-0.1, -0.05) is 0 Å². The van der Waals surface area contributed by atoms with Crippen LogP contribution < -0.4 is 18.9 Å². The Labute approximate surface area is 231 Å². The molecular weight excluding hydrogens is 532 g/mol. The summed E-state index contributed by atoms with van der Waals surface area (Å²) in [6.45, 7) is -0.464. The second kappa shape index (κ2) is 12.6. The molecule has 2 aromatic carbocycles. The summed E-state index contributed by atoms with van der Waals surface area (Å²) in [4.78, 5) is 0. The topological polar surface area (TPSA) is 186 Å². The largest absolute Gasteiger partial charge is 0.502 e. The van der Waals surface area contributed by atoms with E-state index in [1.54, 1.807) is 24.3 Å². The van der Waals surface area contributed by atoms with Gasteiger partial charge in [-0.05, 0) is 35.4 Å². The van der Waals surface area contributed by atoms with E-state index in [1.165, 1.54) is 28.4 Å². The second-order valence-electron chi connectivity index (χ2n) is 9.60. The number of benzene rings is 2. The van der Waals surface area contributed by atoms with Gasteiger partial charge in [-0.25, -0.2) is 0 Å². The molecule has 0 aliphatic carbocycles. The maximum atomic E-state index is 10.5. The lowest BCUT2D eigenvalue weighted by Gasteiger charge is -2.40. The highest BCUT2D eigenvalue weighted by molar-refractivity contribution is 5.55. The number of hydrogen-bond donors (Lipinski definition) is 6. The fourth-order valence-electron chi connectivity index (χ4n) is 5.17. The molecule has 0 bridgehead atoms. The number of rotatable bonds is 10. The third-order valence-electron chi connectivity index (χ3n) is 7.42. The fourth-order valence-corrected chi connectivity index (χ4v) is 5.17. The van der Waals surface area contributed by atoms with Crippen LogP contribution in [0.2, 0.25) is 0 Å². The Hall–Kier alpha value is -3.04. The predicted molar refractivity (Wildman–Crippen MR) is 137 cm³/mol. The molecule has 2 aliphatic rings. The monoisotopic (exact) mass is 568 g/mol. The van der Waals surface area contributed by atoms with Crippen LogP contribution in [0.25, 0.3) is 0 Å². The van der Waals surface area contributed by atoms with Gasteiger partial charge in [0, 0.05) is 11.8 Å². The van der Waals surface area contributed by atoms with E-state index in [-0.39, 0.29) is 53.6 Å². The zero-order valence-electron chi connectivity index (χ0n) is 22.6. The number of phenolic OH excluding ortho intramolecular Hbond substituents is 2. The van der Waals surface area contributed by atoms with Gasteiger partial charge in [-0.15, -0.1) is 0 Å². The van der Waals surface area contributed by atoms with Crippen LogP contribution in [0.15, 0.2) is 24.3 Å². The Kier molecular flexibility index (Phi) is 9.46. The van der Waals surface area contributed by atoms with Crippen LogP contribution in [0.1, 0.15) is 23.1 Å². The van der Waals surface area contributed by atoms with E-state index in [1.807, 2.05) is 0 Å². The molecule has 2 aliphatic heterocycles. The molecule has 0 saturated carbocycles. The SMILES string of the molecule is COc1cc([C@H]2CO[C@H](c3cc(OC)c(O)c(OC)c3)[C@H]2CO[C@@H]2O[C@H](CO)[C@@H](O)[C@H](O)[C@H]2O)cc(OC)c1O. The molecule has 4 rings (SSSR count). The molecule has 2 aromatic rings. The number of phenols is 2. The first-order valence-electron chi connectivity index (χ1n) is 12.6. The van der Waals surface area contributed by atoms with Crippen molar-refractivity contribution >= 4 is 0 Å². The Bertz CT molecular complexity index is 1040. The quantitative estimate of drug-likeness (QED) is 0.232. The summed E-state index contributed by atoms with van der Waals surface area (Å²) in [6, 6.07) is 6.55. The first kappa shape index (κ1) is 29.9. The van der Waals surface area contributed by atoms with Crippen molar-refractivity contribution in [2.45, 2.75) is 42.7 Å². The maximum absolute atomic E-state index is 10.5. The van der Waals surface area contributed by atoms with Gasteiger partial charge in [0.1, 0.15) is 24.4 Å². The average molecular weight is 569 g/mol. The van der Waals surface area contributed by atoms with Crippen molar-refractivity contribution in [3.63, 3.8) is 0 Å². The minimum atomic E-state index is -1.60. The molecule has 40 heavy (non-hydrogen) atoms. The zero-order valence-corrected chi connectivity index (χ0v) is 22.6.